The highest BCUT2D eigenvalue weighted by Gasteiger charge is 2.36. The molecule has 0 bridgehead atoms. The molecule has 0 fully saturated rings. The molecule has 0 aromatic heterocycles. The minimum Gasteiger partial charge on any atom is -0.467 e. The van der Waals surface area contributed by atoms with Crippen molar-refractivity contribution in [3.05, 3.63) is 35.9 Å². The van der Waals surface area contributed by atoms with Gasteiger partial charge in [0.1, 0.15) is 5.54 Å². The summed E-state index contributed by atoms with van der Waals surface area (Å²) in [4.78, 5) is 14.4. The van der Waals surface area contributed by atoms with E-state index in [9.17, 15) is 4.79 Å². The molecular weight excluding hydrogens is 264 g/mol. The number of carbonyl (C=O) groups excluding carboxylic acids is 1. The molecule has 1 aromatic rings. The van der Waals surface area contributed by atoms with Crippen LogP contribution >= 0.6 is 0 Å². The summed E-state index contributed by atoms with van der Waals surface area (Å²) in [7, 11) is 3.44. The monoisotopic (exact) mass is 292 g/mol. The summed E-state index contributed by atoms with van der Waals surface area (Å²) in [6.45, 7) is 6.18. The van der Waals surface area contributed by atoms with Gasteiger partial charge in [-0.15, -0.1) is 0 Å². The zero-order chi connectivity index (χ0) is 15.9. The van der Waals surface area contributed by atoms with Crippen molar-refractivity contribution in [2.45, 2.75) is 32.2 Å². The molecule has 4 heteroatoms. The highest BCUT2D eigenvalue weighted by atomic mass is 16.5. The molecule has 0 heterocycles. The predicted molar refractivity (Wildman–Crippen MR) is 85.9 cm³/mol. The zero-order valence-corrected chi connectivity index (χ0v) is 13.6. The van der Waals surface area contributed by atoms with E-state index in [2.05, 4.69) is 25.8 Å². The molecule has 0 spiro atoms. The van der Waals surface area contributed by atoms with Gasteiger partial charge in [0.25, 0.3) is 0 Å². The lowest BCUT2D eigenvalue weighted by molar-refractivity contribution is -0.148. The van der Waals surface area contributed by atoms with Gasteiger partial charge in [-0.05, 0) is 37.9 Å². The molecule has 0 aliphatic heterocycles. The minimum atomic E-state index is -1.08. The summed E-state index contributed by atoms with van der Waals surface area (Å²) >= 11 is 0. The van der Waals surface area contributed by atoms with Gasteiger partial charge in [0.05, 0.1) is 7.11 Å². The van der Waals surface area contributed by atoms with Crippen LogP contribution < -0.4 is 5.73 Å². The second kappa shape index (κ2) is 8.15. The first-order valence-corrected chi connectivity index (χ1v) is 7.51. The van der Waals surface area contributed by atoms with Crippen molar-refractivity contribution in [3.8, 4) is 0 Å². The van der Waals surface area contributed by atoms with Gasteiger partial charge in [-0.25, -0.2) is 4.79 Å². The molecule has 1 aromatic carbocycles. The first kappa shape index (κ1) is 17.7. The van der Waals surface area contributed by atoms with Crippen molar-refractivity contribution < 1.29 is 9.53 Å². The molecule has 118 valence electrons. The molecular formula is C17H28N2O2. The largest absolute Gasteiger partial charge is 0.467 e. The summed E-state index contributed by atoms with van der Waals surface area (Å²) in [5.74, 6) is 0.288. The maximum Gasteiger partial charge on any atom is 0.330 e. The van der Waals surface area contributed by atoms with E-state index in [1.54, 1.807) is 0 Å². The number of nitrogens with two attached hydrogens (primary N) is 1. The van der Waals surface area contributed by atoms with Crippen molar-refractivity contribution >= 4 is 5.97 Å². The minimum absolute atomic E-state index is 0.383. The quantitative estimate of drug-likeness (QED) is 0.747. The van der Waals surface area contributed by atoms with Crippen LogP contribution in [0.1, 0.15) is 32.3 Å². The van der Waals surface area contributed by atoms with Crippen LogP contribution in [-0.2, 0) is 15.1 Å². The Morgan fingerprint density at radius 2 is 1.90 bits per heavy atom. The summed E-state index contributed by atoms with van der Waals surface area (Å²) in [5.41, 5.74) is 6.10. The Labute approximate surface area is 128 Å². The highest BCUT2D eigenvalue weighted by molar-refractivity contribution is 5.82. The van der Waals surface area contributed by atoms with E-state index < -0.39 is 5.54 Å². The molecule has 1 unspecified atom stereocenters. The van der Waals surface area contributed by atoms with Gasteiger partial charge in [-0.1, -0.05) is 44.2 Å². The predicted octanol–water partition coefficient (Wildman–Crippen LogP) is 2.38. The summed E-state index contributed by atoms with van der Waals surface area (Å²) in [5, 5.41) is 0. The van der Waals surface area contributed by atoms with Gasteiger partial charge in [-0.3, -0.25) is 0 Å². The van der Waals surface area contributed by atoms with Crippen molar-refractivity contribution in [1.29, 1.82) is 0 Å². The van der Waals surface area contributed by atoms with Gasteiger partial charge in [-0.2, -0.15) is 0 Å². The summed E-state index contributed by atoms with van der Waals surface area (Å²) < 4.78 is 4.92. The van der Waals surface area contributed by atoms with E-state index in [1.807, 2.05) is 30.3 Å². The van der Waals surface area contributed by atoms with Gasteiger partial charge in [0.15, 0.2) is 0 Å². The first-order valence-electron chi connectivity index (χ1n) is 7.51. The van der Waals surface area contributed by atoms with E-state index in [-0.39, 0.29) is 5.97 Å². The van der Waals surface area contributed by atoms with E-state index >= 15 is 0 Å². The second-order valence-corrected chi connectivity index (χ2v) is 6.06. The molecule has 21 heavy (non-hydrogen) atoms. The molecule has 4 nitrogen and oxygen atoms in total. The smallest absolute Gasteiger partial charge is 0.330 e. The third-order valence-electron chi connectivity index (χ3n) is 3.81. The van der Waals surface area contributed by atoms with Crippen LogP contribution in [0.15, 0.2) is 30.3 Å². The van der Waals surface area contributed by atoms with Crippen molar-refractivity contribution in [2.24, 2.45) is 11.7 Å². The van der Waals surface area contributed by atoms with Crippen LogP contribution in [0, 0.1) is 5.92 Å². The van der Waals surface area contributed by atoms with Crippen LogP contribution in [0.5, 0.6) is 0 Å². The molecule has 1 atom stereocenters. The van der Waals surface area contributed by atoms with E-state index in [0.717, 1.165) is 25.1 Å². The van der Waals surface area contributed by atoms with E-state index in [1.165, 1.54) is 7.11 Å². The maximum absolute atomic E-state index is 12.1. The van der Waals surface area contributed by atoms with Gasteiger partial charge in [0.2, 0.25) is 0 Å². The molecule has 2 N–H and O–H groups in total. The number of carbonyl (C=O) groups is 1. The Balaban J connectivity index is 2.74. The molecule has 0 amide bonds. The number of nitrogens with zero attached hydrogens (tertiary/aromatic N) is 1. The molecule has 0 aliphatic carbocycles. The van der Waals surface area contributed by atoms with Crippen LogP contribution in [0.4, 0.5) is 0 Å². The number of esters is 1. The van der Waals surface area contributed by atoms with Crippen LogP contribution in [0.2, 0.25) is 0 Å². The normalized spacial score (nSPS) is 14.2. The molecule has 0 aliphatic rings. The SMILES string of the molecule is COC(=O)C(N)(CCN(C)CCC(C)C)c1ccccc1. The van der Waals surface area contributed by atoms with Crippen LogP contribution in [0.3, 0.4) is 0 Å². The molecule has 0 radical (unpaired) electrons. The standard InChI is InChI=1S/C17H28N2O2/c1-14(2)10-12-19(3)13-11-17(18,16(20)21-4)15-8-6-5-7-9-15/h5-9,14H,10-13,18H2,1-4H3. The van der Waals surface area contributed by atoms with Gasteiger partial charge < -0.3 is 15.4 Å². The zero-order valence-electron chi connectivity index (χ0n) is 13.6. The lowest BCUT2D eigenvalue weighted by Crippen LogP contribution is -2.47. The van der Waals surface area contributed by atoms with Crippen molar-refractivity contribution in [3.63, 3.8) is 0 Å². The lowest BCUT2D eigenvalue weighted by Gasteiger charge is -2.29. The third kappa shape index (κ3) is 5.14. The number of benzene rings is 1. The Morgan fingerprint density at radius 3 is 2.43 bits per heavy atom. The number of methoxy groups -OCH3 is 1. The molecule has 0 saturated heterocycles. The maximum atomic E-state index is 12.1. The Hall–Kier alpha value is -1.39. The Kier molecular flexibility index (Phi) is 6.85. The van der Waals surface area contributed by atoms with Gasteiger partial charge in [0, 0.05) is 6.54 Å². The Morgan fingerprint density at radius 1 is 1.29 bits per heavy atom. The molecule has 1 rings (SSSR count). The molecule has 0 saturated carbocycles. The number of hydrogen-bond acceptors (Lipinski definition) is 4. The van der Waals surface area contributed by atoms with Crippen LogP contribution in [-0.4, -0.2) is 38.1 Å². The fourth-order valence-electron chi connectivity index (χ4n) is 2.24. The highest BCUT2D eigenvalue weighted by Crippen LogP contribution is 2.24. The van der Waals surface area contributed by atoms with Gasteiger partial charge >= 0.3 is 5.97 Å². The van der Waals surface area contributed by atoms with Crippen molar-refractivity contribution in [1.82, 2.24) is 4.90 Å². The first-order chi connectivity index (χ1) is 9.90. The average molecular weight is 292 g/mol. The lowest BCUT2D eigenvalue weighted by atomic mass is 9.87. The number of hydrogen-bond donors (Lipinski definition) is 1. The van der Waals surface area contributed by atoms with Crippen molar-refractivity contribution in [2.75, 3.05) is 27.2 Å². The fraction of sp³-hybridized carbons (Fsp3) is 0.588. The van der Waals surface area contributed by atoms with Crippen LogP contribution in [0.25, 0.3) is 0 Å². The second-order valence-electron chi connectivity index (χ2n) is 6.06. The van der Waals surface area contributed by atoms with E-state index in [4.69, 9.17) is 10.5 Å². The summed E-state index contributed by atoms with van der Waals surface area (Å²) in [6, 6.07) is 9.46. The Bertz CT molecular complexity index is 434. The number of rotatable bonds is 8. The van der Waals surface area contributed by atoms with E-state index in [0.29, 0.717) is 12.3 Å². The average Bonchev–Trinajstić information content (AvgIpc) is 2.50. The third-order valence-corrected chi connectivity index (χ3v) is 3.81. The fourth-order valence-corrected chi connectivity index (χ4v) is 2.24. The topological polar surface area (TPSA) is 55.6 Å². The number of ether oxygens (including phenoxy) is 1. The summed E-state index contributed by atoms with van der Waals surface area (Å²) in [6.07, 6.45) is 1.68.